The Labute approximate surface area is 121 Å². The Morgan fingerprint density at radius 1 is 1.47 bits per heavy atom. The number of carbonyl (C=O) groups is 1. The van der Waals surface area contributed by atoms with Gasteiger partial charge in [0.25, 0.3) is 5.91 Å². The Hall–Kier alpha value is -0.970. The fraction of sp³-hybridized carbons (Fsp3) is 0.462. The van der Waals surface area contributed by atoms with E-state index < -0.39 is 15.7 Å². The van der Waals surface area contributed by atoms with Crippen molar-refractivity contribution in [3.05, 3.63) is 29.8 Å². The molecule has 0 spiro atoms. The maximum absolute atomic E-state index is 12.1. The van der Waals surface area contributed by atoms with Gasteiger partial charge in [0.1, 0.15) is 10.1 Å². The molecule has 1 fully saturated rings. The van der Waals surface area contributed by atoms with Crippen molar-refractivity contribution in [1.82, 2.24) is 5.06 Å². The minimum absolute atomic E-state index is 0.0301. The molecule has 1 saturated carbocycles. The summed E-state index contributed by atoms with van der Waals surface area (Å²) in [6.45, 7) is 1.67. The molecule has 1 amide bonds. The van der Waals surface area contributed by atoms with E-state index in [0.29, 0.717) is 22.8 Å². The van der Waals surface area contributed by atoms with E-state index in [1.54, 1.807) is 19.1 Å². The number of benzene rings is 1. The van der Waals surface area contributed by atoms with Crippen LogP contribution < -0.4 is 4.74 Å². The van der Waals surface area contributed by atoms with Crippen LogP contribution in [0.15, 0.2) is 24.3 Å². The number of carbonyl (C=O) groups excluding carboxylic acids is 1. The molecule has 1 aliphatic carbocycles. The molecule has 1 aromatic carbocycles. The summed E-state index contributed by atoms with van der Waals surface area (Å²) < 4.78 is 4.08. The SMILES string of the molecule is COc1ccccc1CN(O)C(=O)C1(C)CC1(Cl)Cl. The number of hydrogen-bond acceptors (Lipinski definition) is 3. The Balaban J connectivity index is 2.10. The molecular formula is C13H15Cl2NO3. The molecule has 1 N–H and O–H groups in total. The normalized spacial score (nSPS) is 23.8. The fourth-order valence-corrected chi connectivity index (χ4v) is 2.68. The van der Waals surface area contributed by atoms with Crippen LogP contribution in [0, 0.1) is 5.41 Å². The van der Waals surface area contributed by atoms with Crippen LogP contribution in [-0.4, -0.2) is 27.6 Å². The highest BCUT2D eigenvalue weighted by atomic mass is 35.5. The summed E-state index contributed by atoms with van der Waals surface area (Å²) in [4.78, 5) is 12.1. The predicted octanol–water partition coefficient (Wildman–Crippen LogP) is 3.00. The number of amides is 1. The molecule has 1 unspecified atom stereocenters. The third kappa shape index (κ3) is 2.53. The molecule has 6 heteroatoms. The number of ether oxygens (including phenoxy) is 1. The quantitative estimate of drug-likeness (QED) is 0.528. The van der Waals surface area contributed by atoms with Crippen molar-refractivity contribution < 1.29 is 14.7 Å². The van der Waals surface area contributed by atoms with Crippen LogP contribution in [0.3, 0.4) is 0 Å². The molecule has 1 aliphatic rings. The molecule has 0 aromatic heterocycles. The molecule has 0 aliphatic heterocycles. The largest absolute Gasteiger partial charge is 0.496 e. The minimum Gasteiger partial charge on any atom is -0.496 e. The summed E-state index contributed by atoms with van der Waals surface area (Å²) in [6, 6.07) is 7.16. The third-order valence-electron chi connectivity index (χ3n) is 3.48. The van der Waals surface area contributed by atoms with Gasteiger partial charge in [0.2, 0.25) is 0 Å². The van der Waals surface area contributed by atoms with E-state index in [0.717, 1.165) is 0 Å². The number of methoxy groups -OCH3 is 1. The summed E-state index contributed by atoms with van der Waals surface area (Å²) in [7, 11) is 1.53. The van der Waals surface area contributed by atoms with Crippen LogP contribution in [0.2, 0.25) is 0 Å². The number of para-hydroxylation sites is 1. The van der Waals surface area contributed by atoms with E-state index in [1.165, 1.54) is 7.11 Å². The summed E-state index contributed by atoms with van der Waals surface area (Å²) in [5.74, 6) is 0.127. The molecule has 0 heterocycles. The van der Waals surface area contributed by atoms with Crippen LogP contribution in [0.5, 0.6) is 5.75 Å². The van der Waals surface area contributed by atoms with E-state index >= 15 is 0 Å². The number of rotatable bonds is 4. The Morgan fingerprint density at radius 2 is 2.05 bits per heavy atom. The minimum atomic E-state index is -1.09. The molecule has 0 bridgehead atoms. The van der Waals surface area contributed by atoms with E-state index in [1.807, 2.05) is 12.1 Å². The average Bonchev–Trinajstić information content (AvgIpc) is 2.89. The molecular weight excluding hydrogens is 289 g/mol. The fourth-order valence-electron chi connectivity index (χ4n) is 1.98. The number of alkyl halides is 2. The van der Waals surface area contributed by atoms with Gasteiger partial charge in [-0.15, -0.1) is 23.2 Å². The summed E-state index contributed by atoms with van der Waals surface area (Å²) in [5.41, 5.74) is -0.216. The van der Waals surface area contributed by atoms with Crippen molar-refractivity contribution in [3.8, 4) is 5.75 Å². The zero-order valence-electron chi connectivity index (χ0n) is 10.7. The standard InChI is InChI=1S/C13H15Cl2NO3/c1-12(8-13(12,14)15)11(17)16(18)7-9-5-3-4-6-10(9)19-2/h3-6,18H,7-8H2,1-2H3. The van der Waals surface area contributed by atoms with Gasteiger partial charge in [-0.25, -0.2) is 5.06 Å². The molecule has 0 saturated heterocycles. The first kappa shape index (κ1) is 14.4. The molecule has 1 atom stereocenters. The van der Waals surface area contributed by atoms with Gasteiger partial charge in [-0.1, -0.05) is 18.2 Å². The highest BCUT2D eigenvalue weighted by Crippen LogP contribution is 2.64. The van der Waals surface area contributed by atoms with Crippen LogP contribution in [0.1, 0.15) is 18.9 Å². The summed E-state index contributed by atoms with van der Waals surface area (Å²) >= 11 is 11.9. The third-order valence-corrected chi connectivity index (χ3v) is 4.58. The number of hydrogen-bond donors (Lipinski definition) is 1. The lowest BCUT2D eigenvalue weighted by atomic mass is 10.1. The van der Waals surface area contributed by atoms with Crippen molar-refractivity contribution in [2.45, 2.75) is 24.2 Å². The van der Waals surface area contributed by atoms with Crippen LogP contribution in [0.25, 0.3) is 0 Å². The molecule has 4 nitrogen and oxygen atoms in total. The molecule has 1 aromatic rings. The topological polar surface area (TPSA) is 49.8 Å². The molecule has 19 heavy (non-hydrogen) atoms. The zero-order chi connectivity index (χ0) is 14.3. The monoisotopic (exact) mass is 303 g/mol. The van der Waals surface area contributed by atoms with Crippen LogP contribution >= 0.6 is 23.2 Å². The predicted molar refractivity (Wildman–Crippen MR) is 72.5 cm³/mol. The molecule has 0 radical (unpaired) electrons. The zero-order valence-corrected chi connectivity index (χ0v) is 12.2. The second-order valence-corrected chi connectivity index (χ2v) is 6.37. The Bertz CT molecular complexity index is 506. The molecule has 2 rings (SSSR count). The van der Waals surface area contributed by atoms with Gasteiger partial charge < -0.3 is 4.74 Å². The first-order valence-corrected chi connectivity index (χ1v) is 6.58. The lowest BCUT2D eigenvalue weighted by Crippen LogP contribution is -2.35. The number of nitrogens with zero attached hydrogens (tertiary/aromatic N) is 1. The highest BCUT2D eigenvalue weighted by Gasteiger charge is 2.69. The van der Waals surface area contributed by atoms with Crippen molar-refractivity contribution in [1.29, 1.82) is 0 Å². The number of hydroxylamine groups is 2. The van der Waals surface area contributed by atoms with Gasteiger partial charge in [0.15, 0.2) is 0 Å². The lowest BCUT2D eigenvalue weighted by Gasteiger charge is -2.21. The highest BCUT2D eigenvalue weighted by molar-refractivity contribution is 6.53. The summed E-state index contributed by atoms with van der Waals surface area (Å²) in [5, 5.41) is 10.6. The van der Waals surface area contributed by atoms with Gasteiger partial charge in [-0.3, -0.25) is 10.0 Å². The van der Waals surface area contributed by atoms with Crippen LogP contribution in [0.4, 0.5) is 0 Å². The average molecular weight is 304 g/mol. The van der Waals surface area contributed by atoms with Gasteiger partial charge in [0, 0.05) is 5.56 Å². The van der Waals surface area contributed by atoms with Gasteiger partial charge >= 0.3 is 0 Å². The summed E-state index contributed by atoms with van der Waals surface area (Å²) in [6.07, 6.45) is 0.338. The van der Waals surface area contributed by atoms with E-state index in [4.69, 9.17) is 27.9 Å². The first-order valence-electron chi connectivity index (χ1n) is 5.82. The van der Waals surface area contributed by atoms with Crippen molar-refractivity contribution in [2.24, 2.45) is 5.41 Å². The van der Waals surface area contributed by atoms with Crippen molar-refractivity contribution in [2.75, 3.05) is 7.11 Å². The van der Waals surface area contributed by atoms with Crippen molar-refractivity contribution >= 4 is 29.1 Å². The van der Waals surface area contributed by atoms with Gasteiger partial charge in [-0.2, -0.15) is 0 Å². The smallest absolute Gasteiger partial charge is 0.255 e. The second kappa shape index (κ2) is 4.85. The second-order valence-electron chi connectivity index (χ2n) is 4.89. The van der Waals surface area contributed by atoms with Gasteiger partial charge in [0.05, 0.1) is 19.1 Å². The Morgan fingerprint density at radius 3 is 2.58 bits per heavy atom. The maximum Gasteiger partial charge on any atom is 0.255 e. The Kier molecular flexibility index (Phi) is 3.69. The molecule has 104 valence electrons. The first-order chi connectivity index (χ1) is 8.82. The van der Waals surface area contributed by atoms with Crippen molar-refractivity contribution in [3.63, 3.8) is 0 Å². The van der Waals surface area contributed by atoms with Gasteiger partial charge in [-0.05, 0) is 19.4 Å². The van der Waals surface area contributed by atoms with E-state index in [2.05, 4.69) is 0 Å². The lowest BCUT2D eigenvalue weighted by molar-refractivity contribution is -0.174. The van der Waals surface area contributed by atoms with Crippen LogP contribution in [-0.2, 0) is 11.3 Å². The van der Waals surface area contributed by atoms with E-state index in [9.17, 15) is 10.0 Å². The number of halogens is 2. The maximum atomic E-state index is 12.1. The van der Waals surface area contributed by atoms with E-state index in [-0.39, 0.29) is 6.54 Å².